The topological polar surface area (TPSA) is 122 Å². The molecule has 1 aliphatic carbocycles. The Morgan fingerprint density at radius 3 is 2.38 bits per heavy atom. The summed E-state index contributed by atoms with van der Waals surface area (Å²) in [6.07, 6.45) is 3.63. The van der Waals surface area contributed by atoms with Crippen LogP contribution in [0.2, 0.25) is 10.0 Å². The molecular formula is C34H35Cl2FN2O7S. The van der Waals surface area contributed by atoms with Crippen molar-refractivity contribution in [2.24, 2.45) is 11.8 Å². The van der Waals surface area contributed by atoms with Crippen molar-refractivity contribution in [1.82, 2.24) is 10.2 Å². The van der Waals surface area contributed by atoms with E-state index in [0.717, 1.165) is 19.1 Å². The second kappa shape index (κ2) is 12.8. The Kier molecular flexibility index (Phi) is 9.18. The van der Waals surface area contributed by atoms with Gasteiger partial charge in [-0.05, 0) is 86.1 Å². The largest absolute Gasteiger partial charge is 0.385 e. The maximum absolute atomic E-state index is 16.8. The van der Waals surface area contributed by atoms with Crippen LogP contribution in [0.5, 0.6) is 0 Å². The van der Waals surface area contributed by atoms with Crippen LogP contribution in [-0.4, -0.2) is 56.4 Å². The maximum atomic E-state index is 16.8. The van der Waals surface area contributed by atoms with Crippen LogP contribution < -0.4 is 5.32 Å². The molecule has 1 saturated carbocycles. The van der Waals surface area contributed by atoms with Gasteiger partial charge in [0.15, 0.2) is 9.84 Å². The molecule has 2 heterocycles. The summed E-state index contributed by atoms with van der Waals surface area (Å²) < 4.78 is 54.5. The smallest absolute Gasteiger partial charge is 0.257 e. The Hall–Kier alpha value is -3.06. The number of fused-ring (bicyclic) bond motifs is 1. The fourth-order valence-corrected chi connectivity index (χ4v) is 7.91. The molecule has 0 bridgehead atoms. The normalized spacial score (nSPS) is 21.4. The zero-order valence-corrected chi connectivity index (χ0v) is 28.2. The molecule has 2 amide bonds. The third-order valence-electron chi connectivity index (χ3n) is 9.35. The van der Waals surface area contributed by atoms with Gasteiger partial charge in [-0.3, -0.25) is 14.5 Å². The first-order chi connectivity index (χ1) is 22.2. The molecule has 2 atom stereocenters. The fourth-order valence-electron chi connectivity index (χ4n) is 6.60. The third-order valence-corrected chi connectivity index (χ3v) is 11.0. The highest BCUT2D eigenvalue weighted by Gasteiger charge is 2.55. The SMILES string of the molecule is CC(O)(c1cc(F)c2c(c1)C(=O)N(Cc1ccc(Cl)cc1S(C)(=O)=O)[C@@]2(OCNC(=O)C1CC1)c1ccc(Cl)cc1)C1CCOCC1. The molecule has 47 heavy (non-hydrogen) atoms. The number of halogens is 3. The van der Waals surface area contributed by atoms with Gasteiger partial charge in [-0.25, -0.2) is 12.8 Å². The molecule has 3 aliphatic rings. The second-order valence-corrected chi connectivity index (χ2v) is 15.4. The number of aliphatic hydroxyl groups is 1. The molecule has 13 heteroatoms. The molecule has 0 spiro atoms. The highest BCUT2D eigenvalue weighted by Crippen LogP contribution is 2.49. The summed E-state index contributed by atoms with van der Waals surface area (Å²) in [6.45, 7) is 1.78. The summed E-state index contributed by atoms with van der Waals surface area (Å²) >= 11 is 12.4. The fraction of sp³-hybridized carbons (Fsp3) is 0.412. The van der Waals surface area contributed by atoms with Gasteiger partial charge in [0, 0.05) is 41.0 Å². The Bertz CT molecular complexity index is 1830. The summed E-state index contributed by atoms with van der Waals surface area (Å²) in [5.74, 6) is -2.10. The molecule has 2 N–H and O–H groups in total. The summed E-state index contributed by atoms with van der Waals surface area (Å²) in [5.41, 5.74) is -2.92. The van der Waals surface area contributed by atoms with E-state index in [-0.39, 0.29) is 63.2 Å². The van der Waals surface area contributed by atoms with Crippen LogP contribution >= 0.6 is 23.2 Å². The first kappa shape index (κ1) is 33.8. The molecule has 2 fully saturated rings. The van der Waals surface area contributed by atoms with Crippen LogP contribution in [0, 0.1) is 17.7 Å². The predicted molar refractivity (Wildman–Crippen MR) is 173 cm³/mol. The highest BCUT2D eigenvalue weighted by atomic mass is 35.5. The first-order valence-electron chi connectivity index (χ1n) is 15.4. The molecule has 2 aliphatic heterocycles. The third kappa shape index (κ3) is 6.41. The molecule has 9 nitrogen and oxygen atoms in total. The highest BCUT2D eigenvalue weighted by molar-refractivity contribution is 7.90. The van der Waals surface area contributed by atoms with Crippen molar-refractivity contribution in [3.63, 3.8) is 0 Å². The molecule has 3 aromatic carbocycles. The average Bonchev–Trinajstić information content (AvgIpc) is 3.86. The van der Waals surface area contributed by atoms with Crippen molar-refractivity contribution < 1.29 is 37.0 Å². The van der Waals surface area contributed by atoms with Gasteiger partial charge in [0.05, 0.1) is 28.2 Å². The quantitative estimate of drug-likeness (QED) is 0.266. The monoisotopic (exact) mass is 704 g/mol. The average molecular weight is 706 g/mol. The molecule has 0 aromatic heterocycles. The zero-order chi connectivity index (χ0) is 33.7. The number of rotatable bonds is 10. The second-order valence-electron chi connectivity index (χ2n) is 12.6. The Labute approximate surface area is 282 Å². The van der Waals surface area contributed by atoms with E-state index in [1.807, 2.05) is 0 Å². The zero-order valence-electron chi connectivity index (χ0n) is 25.9. The standard InChI is InChI=1S/C34H35Cl2FN2O7S/c1-33(42,22-11-13-45-14-12-22)24-15-27-30(28(37)16-24)34(23-6-9-25(35)10-7-23,46-19-38-31(40)20-3-4-20)39(32(27)41)18-21-5-8-26(36)17-29(21)47(2,43)44/h5-10,15-17,20,22,42H,3-4,11-14,18-19H2,1-2H3,(H,38,40)/t33?,34-/m1/s1. The molecular weight excluding hydrogens is 670 g/mol. The van der Waals surface area contributed by atoms with E-state index in [9.17, 15) is 23.1 Å². The number of hydrogen-bond acceptors (Lipinski definition) is 7. The Morgan fingerprint density at radius 1 is 1.09 bits per heavy atom. The van der Waals surface area contributed by atoms with Crippen molar-refractivity contribution in [3.8, 4) is 0 Å². The predicted octanol–water partition coefficient (Wildman–Crippen LogP) is 5.53. The lowest BCUT2D eigenvalue weighted by Crippen LogP contribution is -2.49. The number of sulfone groups is 1. The van der Waals surface area contributed by atoms with Gasteiger partial charge in [0.1, 0.15) is 12.5 Å². The number of benzene rings is 3. The number of amides is 2. The van der Waals surface area contributed by atoms with E-state index in [1.165, 1.54) is 35.2 Å². The number of nitrogens with one attached hydrogen (secondary N) is 1. The molecule has 3 aromatic rings. The summed E-state index contributed by atoms with van der Waals surface area (Å²) in [5, 5.41) is 15.0. The molecule has 1 saturated heterocycles. The van der Waals surface area contributed by atoms with Gasteiger partial charge in [-0.2, -0.15) is 0 Å². The summed E-state index contributed by atoms with van der Waals surface area (Å²) in [4.78, 5) is 28.4. The van der Waals surface area contributed by atoms with E-state index < -0.39 is 32.9 Å². The minimum atomic E-state index is -3.82. The van der Waals surface area contributed by atoms with E-state index in [0.29, 0.717) is 36.6 Å². The van der Waals surface area contributed by atoms with Crippen molar-refractivity contribution >= 4 is 44.9 Å². The molecule has 0 radical (unpaired) electrons. The maximum Gasteiger partial charge on any atom is 0.257 e. The van der Waals surface area contributed by atoms with Gasteiger partial charge in [-0.15, -0.1) is 0 Å². The number of ether oxygens (including phenoxy) is 2. The number of nitrogens with zero attached hydrogens (tertiary/aromatic N) is 1. The lowest BCUT2D eigenvalue weighted by Gasteiger charge is -2.40. The first-order valence-corrected chi connectivity index (χ1v) is 18.0. The van der Waals surface area contributed by atoms with Crippen molar-refractivity contribution in [2.75, 3.05) is 26.2 Å². The lowest BCUT2D eigenvalue weighted by molar-refractivity contribution is -0.136. The van der Waals surface area contributed by atoms with Gasteiger partial charge in [0.25, 0.3) is 5.91 Å². The van der Waals surface area contributed by atoms with Crippen LogP contribution in [0.25, 0.3) is 0 Å². The van der Waals surface area contributed by atoms with Crippen LogP contribution in [0.1, 0.15) is 65.2 Å². The van der Waals surface area contributed by atoms with Gasteiger partial charge in [0.2, 0.25) is 11.6 Å². The van der Waals surface area contributed by atoms with E-state index >= 15 is 4.39 Å². The van der Waals surface area contributed by atoms with Crippen molar-refractivity contribution in [3.05, 3.63) is 98.3 Å². The molecule has 250 valence electrons. The number of carbonyl (C=O) groups excluding carboxylic acids is 2. The minimum absolute atomic E-state index is 0.0642. The Morgan fingerprint density at radius 2 is 1.74 bits per heavy atom. The van der Waals surface area contributed by atoms with Crippen molar-refractivity contribution in [2.45, 2.75) is 55.4 Å². The number of hydrogen-bond donors (Lipinski definition) is 2. The van der Waals surface area contributed by atoms with Gasteiger partial charge in [-0.1, -0.05) is 41.4 Å². The number of carbonyl (C=O) groups is 2. The van der Waals surface area contributed by atoms with Crippen LogP contribution in [0.15, 0.2) is 59.5 Å². The van der Waals surface area contributed by atoms with E-state index in [2.05, 4.69) is 5.32 Å². The summed E-state index contributed by atoms with van der Waals surface area (Å²) in [6, 6.07) is 13.3. The Balaban J connectivity index is 1.54. The van der Waals surface area contributed by atoms with Crippen LogP contribution in [0.4, 0.5) is 4.39 Å². The molecule has 1 unspecified atom stereocenters. The summed E-state index contributed by atoms with van der Waals surface area (Å²) in [7, 11) is -3.82. The van der Waals surface area contributed by atoms with Crippen molar-refractivity contribution in [1.29, 1.82) is 0 Å². The van der Waals surface area contributed by atoms with Crippen LogP contribution in [-0.2, 0) is 42.0 Å². The lowest BCUT2D eigenvalue weighted by atomic mass is 9.77. The van der Waals surface area contributed by atoms with Gasteiger partial charge >= 0.3 is 0 Å². The molecule has 6 rings (SSSR count). The van der Waals surface area contributed by atoms with Gasteiger partial charge < -0.3 is 19.9 Å². The van der Waals surface area contributed by atoms with Crippen LogP contribution in [0.3, 0.4) is 0 Å². The van der Waals surface area contributed by atoms with E-state index in [4.69, 9.17) is 32.7 Å². The minimum Gasteiger partial charge on any atom is -0.385 e. The van der Waals surface area contributed by atoms with E-state index in [1.54, 1.807) is 31.2 Å².